The summed E-state index contributed by atoms with van der Waals surface area (Å²) in [7, 11) is 0. The van der Waals surface area contributed by atoms with Crippen LogP contribution >= 0.6 is 23.5 Å². The van der Waals surface area contributed by atoms with Crippen molar-refractivity contribution < 1.29 is 24.3 Å². The average molecular weight is 614 g/mol. The highest BCUT2D eigenvalue weighted by molar-refractivity contribution is 7.98. The smallest absolute Gasteiger partial charge is 0.326 e. The van der Waals surface area contributed by atoms with Gasteiger partial charge in [-0.15, -0.1) is 0 Å². The number of aromatic amines is 1. The van der Waals surface area contributed by atoms with Crippen LogP contribution in [0.1, 0.15) is 24.0 Å². The van der Waals surface area contributed by atoms with Gasteiger partial charge in [0.05, 0.1) is 6.04 Å². The number of carbonyl (C=O) groups excluding carboxylic acids is 3. The van der Waals surface area contributed by atoms with Gasteiger partial charge in [0.1, 0.15) is 18.1 Å². The Bertz CT molecular complexity index is 1340. The third-order valence-electron chi connectivity index (χ3n) is 6.84. The lowest BCUT2D eigenvalue weighted by molar-refractivity contribution is -0.142. The average Bonchev–Trinajstić information content (AvgIpc) is 3.40. The number of carboxylic acid groups (broad SMARTS) is 1. The Hall–Kier alpha value is -3.48. The fourth-order valence-electron chi connectivity index (χ4n) is 4.48. The number of aromatic nitrogens is 1. The Kier molecular flexibility index (Phi) is 13.2. The molecule has 0 bridgehead atoms. The number of carbonyl (C=O) groups is 4. The first-order valence-corrected chi connectivity index (χ1v) is 16.5. The molecule has 0 saturated carbocycles. The van der Waals surface area contributed by atoms with E-state index >= 15 is 0 Å². The molecule has 2 aromatic carbocycles. The number of H-pyrrole nitrogens is 1. The van der Waals surface area contributed by atoms with Gasteiger partial charge < -0.3 is 31.8 Å². The summed E-state index contributed by atoms with van der Waals surface area (Å²) in [6.07, 6.45) is 6.54. The van der Waals surface area contributed by atoms with Crippen molar-refractivity contribution in [2.24, 2.45) is 5.73 Å². The molecule has 4 unspecified atom stereocenters. The van der Waals surface area contributed by atoms with Crippen molar-refractivity contribution in [3.8, 4) is 0 Å². The molecule has 0 aliphatic carbocycles. The molecular weight excluding hydrogens is 574 g/mol. The maximum atomic E-state index is 13.8. The van der Waals surface area contributed by atoms with E-state index in [9.17, 15) is 24.3 Å². The van der Waals surface area contributed by atoms with Crippen LogP contribution in [-0.4, -0.2) is 82.0 Å². The van der Waals surface area contributed by atoms with Crippen LogP contribution in [0.2, 0.25) is 0 Å². The van der Waals surface area contributed by atoms with Gasteiger partial charge in [-0.3, -0.25) is 14.4 Å². The van der Waals surface area contributed by atoms with E-state index < -0.39 is 47.9 Å². The van der Waals surface area contributed by atoms with Crippen molar-refractivity contribution in [1.82, 2.24) is 20.9 Å². The van der Waals surface area contributed by atoms with Crippen molar-refractivity contribution in [3.05, 3.63) is 71.9 Å². The molecule has 10 nitrogen and oxygen atoms in total. The Morgan fingerprint density at radius 1 is 0.786 bits per heavy atom. The number of hydrogen-bond acceptors (Lipinski definition) is 7. The predicted octanol–water partition coefficient (Wildman–Crippen LogP) is 2.33. The van der Waals surface area contributed by atoms with Crippen molar-refractivity contribution >= 4 is 58.1 Å². The third kappa shape index (κ3) is 9.81. The normalized spacial score (nSPS) is 14.0. The summed E-state index contributed by atoms with van der Waals surface area (Å²) in [6.45, 7) is 0. The van der Waals surface area contributed by atoms with E-state index in [1.165, 1.54) is 11.8 Å². The van der Waals surface area contributed by atoms with Gasteiger partial charge in [-0.25, -0.2) is 4.79 Å². The van der Waals surface area contributed by atoms with Crippen LogP contribution in [0.5, 0.6) is 0 Å². The number of nitrogens with two attached hydrogens (primary N) is 1. The number of hydrogen-bond donors (Lipinski definition) is 6. The van der Waals surface area contributed by atoms with Crippen LogP contribution in [0.25, 0.3) is 10.9 Å². The Labute approximate surface area is 254 Å². The molecule has 0 radical (unpaired) electrons. The summed E-state index contributed by atoms with van der Waals surface area (Å²) in [6, 6.07) is 12.7. The Morgan fingerprint density at radius 2 is 1.36 bits per heavy atom. The molecule has 0 aliphatic rings. The number of nitrogens with one attached hydrogen (secondary N) is 4. The van der Waals surface area contributed by atoms with E-state index in [0.29, 0.717) is 17.9 Å². The first-order chi connectivity index (χ1) is 20.2. The first-order valence-electron chi connectivity index (χ1n) is 13.7. The van der Waals surface area contributed by atoms with Gasteiger partial charge in [0.2, 0.25) is 17.7 Å². The number of amides is 3. The highest BCUT2D eigenvalue weighted by Gasteiger charge is 2.31. The summed E-state index contributed by atoms with van der Waals surface area (Å²) in [5, 5.41) is 18.7. The molecule has 7 N–H and O–H groups in total. The lowest BCUT2D eigenvalue weighted by atomic mass is 10.0. The largest absolute Gasteiger partial charge is 0.480 e. The monoisotopic (exact) mass is 613 g/mol. The van der Waals surface area contributed by atoms with E-state index in [-0.39, 0.29) is 19.3 Å². The molecule has 0 saturated heterocycles. The van der Waals surface area contributed by atoms with Gasteiger partial charge in [0, 0.05) is 29.9 Å². The molecule has 3 aromatic rings. The number of rotatable bonds is 17. The van der Waals surface area contributed by atoms with Crippen LogP contribution in [0.15, 0.2) is 60.8 Å². The number of benzene rings is 2. The van der Waals surface area contributed by atoms with E-state index in [0.717, 1.165) is 22.0 Å². The molecule has 12 heteroatoms. The SMILES string of the molecule is CSCCC(N)C(=O)NC(Cc1c[nH]c2ccccc12)C(=O)NC(Cc1ccccc1)C(=O)NC(CCSC)C(=O)O. The van der Waals surface area contributed by atoms with Crippen molar-refractivity contribution in [2.75, 3.05) is 24.0 Å². The first kappa shape index (κ1) is 33.0. The molecule has 0 fully saturated rings. The van der Waals surface area contributed by atoms with Gasteiger partial charge in [0.15, 0.2) is 0 Å². The van der Waals surface area contributed by atoms with Gasteiger partial charge in [-0.2, -0.15) is 23.5 Å². The minimum Gasteiger partial charge on any atom is -0.480 e. The van der Waals surface area contributed by atoms with E-state index in [4.69, 9.17) is 5.73 Å². The second kappa shape index (κ2) is 16.8. The molecule has 42 heavy (non-hydrogen) atoms. The van der Waals surface area contributed by atoms with Gasteiger partial charge >= 0.3 is 5.97 Å². The molecule has 0 aliphatic heterocycles. The molecule has 1 aromatic heterocycles. The lowest BCUT2D eigenvalue weighted by Crippen LogP contribution is -2.58. The molecule has 1 heterocycles. The quantitative estimate of drug-likeness (QED) is 0.135. The topological polar surface area (TPSA) is 166 Å². The molecule has 4 atom stereocenters. The van der Waals surface area contributed by atoms with Crippen LogP contribution in [-0.2, 0) is 32.0 Å². The summed E-state index contributed by atoms with van der Waals surface area (Å²) < 4.78 is 0. The second-order valence-electron chi connectivity index (χ2n) is 9.94. The van der Waals surface area contributed by atoms with Crippen LogP contribution in [0.4, 0.5) is 0 Å². The Balaban J connectivity index is 1.87. The number of aliphatic carboxylic acids is 1. The van der Waals surface area contributed by atoms with E-state index in [2.05, 4.69) is 20.9 Å². The van der Waals surface area contributed by atoms with Gasteiger partial charge in [0.25, 0.3) is 0 Å². The highest BCUT2D eigenvalue weighted by atomic mass is 32.2. The minimum absolute atomic E-state index is 0.133. The zero-order chi connectivity index (χ0) is 30.5. The molecular formula is C30H39N5O5S2. The number of fused-ring (bicyclic) bond motifs is 1. The molecule has 3 rings (SSSR count). The third-order valence-corrected chi connectivity index (χ3v) is 8.13. The minimum atomic E-state index is -1.15. The molecule has 3 amide bonds. The van der Waals surface area contributed by atoms with Crippen LogP contribution in [0.3, 0.4) is 0 Å². The van der Waals surface area contributed by atoms with Crippen molar-refractivity contribution in [3.63, 3.8) is 0 Å². The van der Waals surface area contributed by atoms with Crippen molar-refractivity contribution in [1.29, 1.82) is 0 Å². The lowest BCUT2D eigenvalue weighted by Gasteiger charge is -2.25. The fourth-order valence-corrected chi connectivity index (χ4v) is 5.44. The standard InChI is InChI=1S/C30H39N5O5S2/c1-41-14-12-22(31)27(36)34-26(17-20-18-32-23-11-7-6-10-21(20)23)29(38)35-25(16-19-8-4-3-5-9-19)28(37)33-24(30(39)40)13-15-42-2/h3-11,18,22,24-26,32H,12-17,31H2,1-2H3,(H,33,37)(H,34,36)(H,35,38)(H,39,40). The predicted molar refractivity (Wildman–Crippen MR) is 170 cm³/mol. The molecule has 0 spiro atoms. The summed E-state index contributed by atoms with van der Waals surface area (Å²) >= 11 is 3.05. The van der Waals surface area contributed by atoms with E-state index in [1.807, 2.05) is 67.1 Å². The number of thioether (sulfide) groups is 2. The number of para-hydroxylation sites is 1. The maximum Gasteiger partial charge on any atom is 0.326 e. The van der Waals surface area contributed by atoms with Crippen LogP contribution in [0, 0.1) is 0 Å². The zero-order valence-electron chi connectivity index (χ0n) is 23.8. The van der Waals surface area contributed by atoms with Gasteiger partial charge in [-0.1, -0.05) is 48.5 Å². The fraction of sp³-hybridized carbons (Fsp3) is 0.400. The van der Waals surface area contributed by atoms with Gasteiger partial charge in [-0.05, 0) is 54.1 Å². The summed E-state index contributed by atoms with van der Waals surface area (Å²) in [5.74, 6) is -1.56. The van der Waals surface area contributed by atoms with E-state index in [1.54, 1.807) is 18.0 Å². The van der Waals surface area contributed by atoms with Crippen LogP contribution < -0.4 is 21.7 Å². The summed E-state index contributed by atoms with van der Waals surface area (Å²) in [4.78, 5) is 55.2. The maximum absolute atomic E-state index is 13.8. The Morgan fingerprint density at radius 3 is 2.02 bits per heavy atom. The number of carboxylic acids is 1. The van der Waals surface area contributed by atoms with Crippen molar-refractivity contribution in [2.45, 2.75) is 49.9 Å². The summed E-state index contributed by atoms with van der Waals surface area (Å²) in [5.41, 5.74) is 8.59. The second-order valence-corrected chi connectivity index (χ2v) is 11.9. The molecule has 226 valence electrons. The zero-order valence-corrected chi connectivity index (χ0v) is 25.4. The highest BCUT2D eigenvalue weighted by Crippen LogP contribution is 2.19.